The van der Waals surface area contributed by atoms with E-state index >= 15 is 0 Å². The van der Waals surface area contributed by atoms with Crippen molar-refractivity contribution in [1.82, 2.24) is 5.43 Å². The van der Waals surface area contributed by atoms with Crippen molar-refractivity contribution in [2.75, 3.05) is 6.61 Å². The fraction of sp³-hybridized carbons (Fsp3) is 0.385. The molecule has 1 rings (SSSR count). The van der Waals surface area contributed by atoms with Gasteiger partial charge in [-0.3, -0.25) is 4.79 Å². The Kier molecular flexibility index (Phi) is 5.20. The number of nitrogens with zero attached hydrogens (tertiary/aromatic N) is 1. The lowest BCUT2D eigenvalue weighted by atomic mass is 10.2. The first-order chi connectivity index (χ1) is 8.17. The molecule has 0 saturated heterocycles. The minimum Gasteiger partial charge on any atom is -0.494 e. The van der Waals surface area contributed by atoms with E-state index in [4.69, 9.17) is 4.74 Å². The molecule has 0 aliphatic heterocycles. The van der Waals surface area contributed by atoms with Gasteiger partial charge < -0.3 is 4.74 Å². The Balaban J connectivity index is 2.63. The highest BCUT2D eigenvalue weighted by atomic mass is 16.5. The average Bonchev–Trinajstić information content (AvgIpc) is 2.36. The maximum Gasteiger partial charge on any atom is 0.271 e. The topological polar surface area (TPSA) is 50.7 Å². The van der Waals surface area contributed by atoms with Crippen LogP contribution in [0.5, 0.6) is 5.75 Å². The quantitative estimate of drug-likeness (QED) is 0.629. The van der Waals surface area contributed by atoms with E-state index in [0.717, 1.165) is 17.9 Å². The fourth-order valence-electron chi connectivity index (χ4n) is 1.16. The van der Waals surface area contributed by atoms with Crippen LogP contribution in [0.4, 0.5) is 0 Å². The van der Waals surface area contributed by atoms with E-state index in [1.165, 1.54) is 0 Å². The van der Waals surface area contributed by atoms with E-state index < -0.39 is 0 Å². The number of ether oxygens (including phenoxy) is 1. The fourth-order valence-corrected chi connectivity index (χ4v) is 1.16. The molecule has 92 valence electrons. The normalized spacial score (nSPS) is 11.1. The van der Waals surface area contributed by atoms with E-state index in [1.54, 1.807) is 24.3 Å². The Morgan fingerprint density at radius 3 is 2.47 bits per heavy atom. The first-order valence-corrected chi connectivity index (χ1v) is 5.73. The van der Waals surface area contributed by atoms with Gasteiger partial charge in [-0.1, -0.05) is 6.92 Å². The molecule has 0 bridgehead atoms. The van der Waals surface area contributed by atoms with Gasteiger partial charge in [0.15, 0.2) is 0 Å². The highest BCUT2D eigenvalue weighted by Crippen LogP contribution is 2.11. The van der Waals surface area contributed by atoms with Gasteiger partial charge in [-0.25, -0.2) is 5.43 Å². The van der Waals surface area contributed by atoms with Gasteiger partial charge >= 0.3 is 0 Å². The second kappa shape index (κ2) is 6.68. The van der Waals surface area contributed by atoms with E-state index in [2.05, 4.69) is 10.5 Å². The molecular weight excluding hydrogens is 216 g/mol. The van der Waals surface area contributed by atoms with Crippen LogP contribution >= 0.6 is 0 Å². The Bertz CT molecular complexity index is 396. The van der Waals surface area contributed by atoms with Gasteiger partial charge in [0.2, 0.25) is 0 Å². The summed E-state index contributed by atoms with van der Waals surface area (Å²) in [7, 11) is 0. The van der Waals surface area contributed by atoms with Crippen LogP contribution in [-0.4, -0.2) is 18.2 Å². The number of hydrazone groups is 1. The summed E-state index contributed by atoms with van der Waals surface area (Å²) < 4.78 is 5.30. The monoisotopic (exact) mass is 234 g/mol. The molecule has 0 saturated carbocycles. The first kappa shape index (κ1) is 13.2. The summed E-state index contributed by atoms with van der Waals surface area (Å²) in [4.78, 5) is 11.7. The number of carbonyl (C=O) groups is 1. The van der Waals surface area contributed by atoms with E-state index in [0.29, 0.717) is 12.2 Å². The molecule has 1 aromatic rings. The molecule has 0 aromatic heterocycles. The van der Waals surface area contributed by atoms with Gasteiger partial charge in [0.05, 0.1) is 6.61 Å². The van der Waals surface area contributed by atoms with Crippen LogP contribution in [0.15, 0.2) is 29.4 Å². The summed E-state index contributed by atoms with van der Waals surface area (Å²) in [5, 5.41) is 3.96. The molecule has 1 amide bonds. The lowest BCUT2D eigenvalue weighted by Crippen LogP contribution is -2.18. The number of benzene rings is 1. The molecule has 1 N–H and O–H groups in total. The van der Waals surface area contributed by atoms with Gasteiger partial charge in [-0.15, -0.1) is 0 Å². The molecular formula is C13H18N2O2. The van der Waals surface area contributed by atoms with Gasteiger partial charge in [-0.05, 0) is 44.5 Å². The highest BCUT2D eigenvalue weighted by molar-refractivity contribution is 5.95. The predicted octanol–water partition coefficient (Wildman–Crippen LogP) is 2.60. The van der Waals surface area contributed by atoms with E-state index in [1.807, 2.05) is 20.8 Å². The zero-order valence-corrected chi connectivity index (χ0v) is 10.5. The van der Waals surface area contributed by atoms with Crippen LogP contribution < -0.4 is 10.2 Å². The lowest BCUT2D eigenvalue weighted by molar-refractivity contribution is 0.0954. The molecule has 4 heteroatoms. The molecule has 4 nitrogen and oxygen atoms in total. The third-order valence-electron chi connectivity index (χ3n) is 2.29. The first-order valence-electron chi connectivity index (χ1n) is 5.73. The molecule has 17 heavy (non-hydrogen) atoms. The average molecular weight is 234 g/mol. The van der Waals surface area contributed by atoms with Crippen molar-refractivity contribution in [1.29, 1.82) is 0 Å². The number of amides is 1. The summed E-state index contributed by atoms with van der Waals surface area (Å²) in [6, 6.07) is 6.98. The zero-order valence-electron chi connectivity index (χ0n) is 10.5. The number of nitrogens with one attached hydrogen (secondary N) is 1. The van der Waals surface area contributed by atoms with Crippen molar-refractivity contribution < 1.29 is 9.53 Å². The molecule has 0 unspecified atom stereocenters. The van der Waals surface area contributed by atoms with E-state index in [9.17, 15) is 4.79 Å². The Hall–Kier alpha value is -1.84. The summed E-state index contributed by atoms with van der Waals surface area (Å²) in [5.74, 6) is 0.554. The van der Waals surface area contributed by atoms with Crippen molar-refractivity contribution in [2.24, 2.45) is 5.10 Å². The second-order valence-electron chi connectivity index (χ2n) is 3.60. The van der Waals surface area contributed by atoms with Gasteiger partial charge in [-0.2, -0.15) is 5.10 Å². The zero-order chi connectivity index (χ0) is 12.7. The molecule has 0 aliphatic carbocycles. The minimum atomic E-state index is -0.208. The van der Waals surface area contributed by atoms with Crippen LogP contribution in [0.3, 0.4) is 0 Å². The molecule has 0 heterocycles. The van der Waals surface area contributed by atoms with Crippen molar-refractivity contribution in [2.45, 2.75) is 27.2 Å². The maximum absolute atomic E-state index is 11.7. The minimum absolute atomic E-state index is 0.208. The number of hydrogen-bond acceptors (Lipinski definition) is 3. The smallest absolute Gasteiger partial charge is 0.271 e. The van der Waals surface area contributed by atoms with Gasteiger partial charge in [0.1, 0.15) is 5.75 Å². The third-order valence-corrected chi connectivity index (χ3v) is 2.29. The molecule has 1 aromatic carbocycles. The van der Waals surface area contributed by atoms with Crippen LogP contribution in [0, 0.1) is 0 Å². The van der Waals surface area contributed by atoms with Crippen molar-refractivity contribution >= 4 is 11.6 Å². The highest BCUT2D eigenvalue weighted by Gasteiger charge is 2.04. The summed E-state index contributed by atoms with van der Waals surface area (Å²) in [6.07, 6.45) is 0.823. The van der Waals surface area contributed by atoms with Gasteiger partial charge in [0.25, 0.3) is 5.91 Å². The lowest BCUT2D eigenvalue weighted by Gasteiger charge is -2.04. The van der Waals surface area contributed by atoms with E-state index in [-0.39, 0.29) is 5.91 Å². The van der Waals surface area contributed by atoms with Crippen LogP contribution in [0.25, 0.3) is 0 Å². The van der Waals surface area contributed by atoms with Crippen molar-refractivity contribution in [3.63, 3.8) is 0 Å². The molecule has 0 spiro atoms. The van der Waals surface area contributed by atoms with Crippen LogP contribution in [0.1, 0.15) is 37.6 Å². The predicted molar refractivity (Wildman–Crippen MR) is 68.5 cm³/mol. The van der Waals surface area contributed by atoms with Crippen LogP contribution in [-0.2, 0) is 0 Å². The van der Waals surface area contributed by atoms with Crippen LogP contribution in [0.2, 0.25) is 0 Å². The summed E-state index contributed by atoms with van der Waals surface area (Å²) >= 11 is 0. The Morgan fingerprint density at radius 1 is 1.29 bits per heavy atom. The number of carbonyl (C=O) groups excluding carboxylic acids is 1. The van der Waals surface area contributed by atoms with Crippen molar-refractivity contribution in [3.8, 4) is 5.75 Å². The number of rotatable bonds is 5. The second-order valence-corrected chi connectivity index (χ2v) is 3.60. The molecule has 0 atom stereocenters. The Labute approximate surface area is 102 Å². The third kappa shape index (κ3) is 4.26. The van der Waals surface area contributed by atoms with Crippen molar-refractivity contribution in [3.05, 3.63) is 29.8 Å². The standard InChI is InChI=1S/C13H18N2O2/c1-4-10(3)14-15-13(16)11-6-8-12(9-7-11)17-5-2/h6-9H,4-5H2,1-3H3,(H,15,16). The number of hydrogen-bond donors (Lipinski definition) is 1. The Morgan fingerprint density at radius 2 is 1.94 bits per heavy atom. The summed E-state index contributed by atoms with van der Waals surface area (Å²) in [6.45, 7) is 6.40. The largest absolute Gasteiger partial charge is 0.494 e. The van der Waals surface area contributed by atoms with Gasteiger partial charge in [0, 0.05) is 11.3 Å². The summed E-state index contributed by atoms with van der Waals surface area (Å²) in [5.41, 5.74) is 3.97. The SMILES string of the molecule is CCOc1ccc(C(=O)NN=C(C)CC)cc1. The molecule has 0 radical (unpaired) electrons. The maximum atomic E-state index is 11.7. The molecule has 0 fully saturated rings. The molecule has 0 aliphatic rings.